The van der Waals surface area contributed by atoms with Gasteiger partial charge in [0, 0.05) is 5.56 Å². The topological polar surface area (TPSA) is 55.1 Å². The van der Waals surface area contributed by atoms with Gasteiger partial charge in [-0.05, 0) is 30.3 Å². The number of carbonyl (C=O) groups is 1. The molecule has 0 heterocycles. The van der Waals surface area contributed by atoms with E-state index in [2.05, 4.69) is 17.2 Å². The second kappa shape index (κ2) is 6.64. The van der Waals surface area contributed by atoms with Crippen molar-refractivity contribution in [2.24, 2.45) is 5.73 Å². The fourth-order valence-corrected chi connectivity index (χ4v) is 1.68. The van der Waals surface area contributed by atoms with Crippen LogP contribution in [0.5, 0.6) is 0 Å². The zero-order valence-corrected chi connectivity index (χ0v) is 11.0. The van der Waals surface area contributed by atoms with Gasteiger partial charge in [-0.2, -0.15) is 0 Å². The highest BCUT2D eigenvalue weighted by atomic mass is 19.1. The Morgan fingerprint density at radius 1 is 1.14 bits per heavy atom. The summed E-state index contributed by atoms with van der Waals surface area (Å²) < 4.78 is 27.3. The SMILES string of the molecule is NCC#Cc1ccc(NC(=O)c2ccccc2F)c(F)c1. The molecule has 21 heavy (non-hydrogen) atoms. The van der Waals surface area contributed by atoms with Gasteiger partial charge in [-0.1, -0.05) is 24.0 Å². The smallest absolute Gasteiger partial charge is 0.258 e. The summed E-state index contributed by atoms with van der Waals surface area (Å²) in [6, 6.07) is 9.58. The second-order valence-corrected chi connectivity index (χ2v) is 4.13. The zero-order chi connectivity index (χ0) is 15.2. The van der Waals surface area contributed by atoms with Crippen molar-refractivity contribution in [1.82, 2.24) is 0 Å². The molecule has 1 amide bonds. The van der Waals surface area contributed by atoms with Crippen LogP contribution in [-0.2, 0) is 0 Å². The predicted octanol–water partition coefficient (Wildman–Crippen LogP) is 2.53. The van der Waals surface area contributed by atoms with Crippen LogP contribution in [0.1, 0.15) is 15.9 Å². The molecule has 2 rings (SSSR count). The third-order valence-electron chi connectivity index (χ3n) is 2.67. The highest BCUT2D eigenvalue weighted by molar-refractivity contribution is 6.04. The van der Waals surface area contributed by atoms with Crippen LogP contribution < -0.4 is 11.1 Å². The van der Waals surface area contributed by atoms with Crippen molar-refractivity contribution in [2.45, 2.75) is 0 Å². The number of nitrogens with two attached hydrogens (primary N) is 1. The van der Waals surface area contributed by atoms with Crippen molar-refractivity contribution in [1.29, 1.82) is 0 Å². The summed E-state index contributed by atoms with van der Waals surface area (Å²) in [6.45, 7) is 0.174. The van der Waals surface area contributed by atoms with Crippen molar-refractivity contribution in [3.63, 3.8) is 0 Å². The lowest BCUT2D eigenvalue weighted by atomic mass is 10.1. The molecule has 5 heteroatoms. The van der Waals surface area contributed by atoms with Crippen LogP contribution in [0.25, 0.3) is 0 Å². The maximum Gasteiger partial charge on any atom is 0.258 e. The van der Waals surface area contributed by atoms with Crippen molar-refractivity contribution in [2.75, 3.05) is 11.9 Å². The highest BCUT2D eigenvalue weighted by Crippen LogP contribution is 2.17. The van der Waals surface area contributed by atoms with Crippen LogP contribution in [0.2, 0.25) is 0 Å². The molecule has 0 atom stereocenters. The minimum atomic E-state index is -0.715. The Kier molecular flexibility index (Phi) is 4.64. The monoisotopic (exact) mass is 286 g/mol. The molecule has 0 fully saturated rings. The Morgan fingerprint density at radius 3 is 2.57 bits per heavy atom. The molecule has 2 aromatic rings. The van der Waals surface area contributed by atoms with E-state index >= 15 is 0 Å². The van der Waals surface area contributed by atoms with Crippen molar-refractivity contribution in [3.8, 4) is 11.8 Å². The third kappa shape index (κ3) is 3.65. The lowest BCUT2D eigenvalue weighted by Gasteiger charge is -2.07. The first-order valence-corrected chi connectivity index (χ1v) is 6.16. The van der Waals surface area contributed by atoms with E-state index in [9.17, 15) is 13.6 Å². The number of halogens is 2. The Morgan fingerprint density at radius 2 is 1.90 bits per heavy atom. The molecule has 0 radical (unpaired) electrons. The lowest BCUT2D eigenvalue weighted by Crippen LogP contribution is -2.14. The Balaban J connectivity index is 2.20. The molecule has 3 N–H and O–H groups in total. The van der Waals surface area contributed by atoms with E-state index < -0.39 is 17.5 Å². The van der Waals surface area contributed by atoms with Crippen molar-refractivity contribution in [3.05, 3.63) is 65.2 Å². The normalized spacial score (nSPS) is 9.67. The number of anilines is 1. The quantitative estimate of drug-likeness (QED) is 0.834. The number of nitrogens with one attached hydrogen (secondary N) is 1. The van der Waals surface area contributed by atoms with Gasteiger partial charge in [-0.15, -0.1) is 0 Å². The van der Waals surface area contributed by atoms with E-state index in [0.717, 1.165) is 6.07 Å². The first kappa shape index (κ1) is 14.7. The fraction of sp³-hybridized carbons (Fsp3) is 0.0625. The lowest BCUT2D eigenvalue weighted by molar-refractivity contribution is 0.102. The minimum absolute atomic E-state index is 0.0402. The minimum Gasteiger partial charge on any atom is -0.320 e. The molecule has 0 aromatic heterocycles. The Labute approximate surface area is 120 Å². The molecular formula is C16H12F2N2O. The van der Waals surface area contributed by atoms with Gasteiger partial charge < -0.3 is 11.1 Å². The van der Waals surface area contributed by atoms with E-state index in [1.807, 2.05) is 0 Å². The van der Waals surface area contributed by atoms with Gasteiger partial charge in [0.25, 0.3) is 5.91 Å². The van der Waals surface area contributed by atoms with Crippen LogP contribution >= 0.6 is 0 Å². The molecule has 3 nitrogen and oxygen atoms in total. The largest absolute Gasteiger partial charge is 0.320 e. The number of rotatable bonds is 2. The zero-order valence-electron chi connectivity index (χ0n) is 11.0. The number of amides is 1. The number of benzene rings is 2. The Hall–Kier alpha value is -2.71. The predicted molar refractivity (Wildman–Crippen MR) is 76.7 cm³/mol. The Bertz CT molecular complexity index is 733. The molecule has 2 aromatic carbocycles. The third-order valence-corrected chi connectivity index (χ3v) is 2.67. The summed E-state index contributed by atoms with van der Waals surface area (Å²) in [5.74, 6) is 3.25. The van der Waals surface area contributed by atoms with Crippen LogP contribution in [0.3, 0.4) is 0 Å². The summed E-state index contributed by atoms with van der Waals surface area (Å²) in [6.07, 6.45) is 0. The first-order valence-electron chi connectivity index (χ1n) is 6.16. The highest BCUT2D eigenvalue weighted by Gasteiger charge is 2.13. The van der Waals surface area contributed by atoms with Crippen LogP contribution in [-0.4, -0.2) is 12.5 Å². The summed E-state index contributed by atoms with van der Waals surface area (Å²) in [7, 11) is 0. The summed E-state index contributed by atoms with van der Waals surface area (Å²) in [4.78, 5) is 11.9. The van der Waals surface area contributed by atoms with Gasteiger partial charge >= 0.3 is 0 Å². The van der Waals surface area contributed by atoms with E-state index in [-0.39, 0.29) is 17.8 Å². The molecule has 0 unspecified atom stereocenters. The molecule has 0 aliphatic rings. The molecule has 0 aliphatic heterocycles. The van der Waals surface area contributed by atoms with Crippen LogP contribution in [0.4, 0.5) is 14.5 Å². The molecule has 106 valence electrons. The van der Waals surface area contributed by atoms with E-state index in [0.29, 0.717) is 5.56 Å². The first-order chi connectivity index (χ1) is 10.1. The fourth-order valence-electron chi connectivity index (χ4n) is 1.68. The van der Waals surface area contributed by atoms with Crippen LogP contribution in [0, 0.1) is 23.5 Å². The molecular weight excluding hydrogens is 274 g/mol. The average Bonchev–Trinajstić information content (AvgIpc) is 2.48. The number of carbonyl (C=O) groups excluding carboxylic acids is 1. The summed E-state index contributed by atoms with van der Waals surface area (Å²) in [5, 5.41) is 2.32. The van der Waals surface area contributed by atoms with Gasteiger partial charge in [-0.3, -0.25) is 4.79 Å². The second-order valence-electron chi connectivity index (χ2n) is 4.13. The molecule has 0 saturated carbocycles. The maximum absolute atomic E-state index is 13.8. The van der Waals surface area contributed by atoms with Crippen LogP contribution in [0.15, 0.2) is 42.5 Å². The number of hydrogen-bond acceptors (Lipinski definition) is 2. The summed E-state index contributed by atoms with van der Waals surface area (Å²) in [5.41, 5.74) is 5.49. The van der Waals surface area contributed by atoms with Gasteiger partial charge in [0.05, 0.1) is 17.8 Å². The van der Waals surface area contributed by atoms with E-state index in [1.165, 1.54) is 30.3 Å². The van der Waals surface area contributed by atoms with Gasteiger partial charge in [0.1, 0.15) is 11.6 Å². The molecule has 0 saturated heterocycles. The number of hydrogen-bond donors (Lipinski definition) is 2. The van der Waals surface area contributed by atoms with E-state index in [4.69, 9.17) is 5.73 Å². The maximum atomic E-state index is 13.8. The summed E-state index contributed by atoms with van der Waals surface area (Å²) >= 11 is 0. The molecule has 0 bridgehead atoms. The standard InChI is InChI=1S/C16H12F2N2O/c17-13-6-2-1-5-12(13)16(21)20-15-8-7-11(4-3-9-19)10-14(15)18/h1-2,5-8,10H,9,19H2,(H,20,21). The molecule has 0 aliphatic carbocycles. The van der Waals surface area contributed by atoms with Gasteiger partial charge in [-0.25, -0.2) is 8.78 Å². The molecule has 0 spiro atoms. The average molecular weight is 286 g/mol. The van der Waals surface area contributed by atoms with Gasteiger partial charge in [0.15, 0.2) is 0 Å². The van der Waals surface area contributed by atoms with E-state index in [1.54, 1.807) is 6.07 Å². The van der Waals surface area contributed by atoms with Crippen molar-refractivity contribution < 1.29 is 13.6 Å². The van der Waals surface area contributed by atoms with Gasteiger partial charge in [0.2, 0.25) is 0 Å². The van der Waals surface area contributed by atoms with Crippen molar-refractivity contribution >= 4 is 11.6 Å².